The van der Waals surface area contributed by atoms with E-state index in [2.05, 4.69) is 10.6 Å². The van der Waals surface area contributed by atoms with E-state index in [9.17, 15) is 14.7 Å². The standard InChI is InChI=1S/C25H31N3O5/c1-3-11-33-21-9-5-8-20(29)22(21)19-13-16(15-7-6-10-26-14-15)17-12-18(25(31)32-4-2)24(30)28-23(17)27-19/h5,8-9,13,15,18,26,29H,3-4,6-7,10-12,14H2,1-2H3,(H,27,28,30). The molecule has 2 atom stereocenters. The molecule has 2 aromatic rings. The number of fused-ring (bicyclic) bond motifs is 1. The molecule has 33 heavy (non-hydrogen) atoms. The minimum absolute atomic E-state index is 0.0651. The summed E-state index contributed by atoms with van der Waals surface area (Å²) in [5.74, 6) is -0.583. The van der Waals surface area contributed by atoms with Gasteiger partial charge in [0.2, 0.25) is 5.91 Å². The Morgan fingerprint density at radius 3 is 2.88 bits per heavy atom. The lowest BCUT2D eigenvalue weighted by Crippen LogP contribution is -2.38. The molecule has 0 saturated carbocycles. The van der Waals surface area contributed by atoms with E-state index < -0.39 is 17.8 Å². The highest BCUT2D eigenvalue weighted by Gasteiger charge is 2.37. The number of esters is 1. The predicted molar refractivity (Wildman–Crippen MR) is 124 cm³/mol. The Morgan fingerprint density at radius 2 is 2.15 bits per heavy atom. The highest BCUT2D eigenvalue weighted by molar-refractivity contribution is 6.07. The number of aromatic nitrogens is 1. The van der Waals surface area contributed by atoms with Crippen molar-refractivity contribution in [2.75, 3.05) is 31.6 Å². The lowest BCUT2D eigenvalue weighted by atomic mass is 9.83. The Labute approximate surface area is 193 Å². The number of nitrogens with one attached hydrogen (secondary N) is 2. The first kappa shape index (κ1) is 23.0. The highest BCUT2D eigenvalue weighted by atomic mass is 16.5. The Balaban J connectivity index is 1.82. The fraction of sp³-hybridized carbons (Fsp3) is 0.480. The molecule has 2 unspecified atom stereocenters. The third-order valence-electron chi connectivity index (χ3n) is 6.16. The molecule has 1 saturated heterocycles. The predicted octanol–water partition coefficient (Wildman–Crippen LogP) is 3.38. The van der Waals surface area contributed by atoms with E-state index in [1.54, 1.807) is 19.1 Å². The molecule has 0 bridgehead atoms. The Hall–Kier alpha value is -3.13. The zero-order chi connectivity index (χ0) is 23.4. The van der Waals surface area contributed by atoms with Gasteiger partial charge in [-0.25, -0.2) is 4.98 Å². The number of phenolic OH excluding ortho intramolecular Hbond substituents is 1. The van der Waals surface area contributed by atoms with Gasteiger partial charge < -0.3 is 25.2 Å². The van der Waals surface area contributed by atoms with E-state index in [1.165, 1.54) is 0 Å². The number of carbonyl (C=O) groups excluding carboxylic acids is 2. The first-order valence-corrected chi connectivity index (χ1v) is 11.7. The summed E-state index contributed by atoms with van der Waals surface area (Å²) in [6, 6.07) is 7.12. The molecule has 3 heterocycles. The first-order valence-electron chi connectivity index (χ1n) is 11.7. The minimum Gasteiger partial charge on any atom is -0.507 e. The number of aromatic hydroxyl groups is 1. The van der Waals surface area contributed by atoms with Crippen molar-refractivity contribution in [2.24, 2.45) is 5.92 Å². The topological polar surface area (TPSA) is 110 Å². The van der Waals surface area contributed by atoms with Gasteiger partial charge in [-0.15, -0.1) is 0 Å². The highest BCUT2D eigenvalue weighted by Crippen LogP contribution is 2.42. The molecule has 8 heteroatoms. The van der Waals surface area contributed by atoms with Crippen molar-refractivity contribution in [1.29, 1.82) is 0 Å². The van der Waals surface area contributed by atoms with Crippen LogP contribution < -0.4 is 15.4 Å². The average molecular weight is 454 g/mol. The molecule has 4 rings (SSSR count). The summed E-state index contributed by atoms with van der Waals surface area (Å²) in [5.41, 5.74) is 2.92. The van der Waals surface area contributed by atoms with Crippen LogP contribution in [0.15, 0.2) is 24.3 Å². The second kappa shape index (κ2) is 10.2. The average Bonchev–Trinajstić information content (AvgIpc) is 2.82. The lowest BCUT2D eigenvalue weighted by Gasteiger charge is -2.30. The smallest absolute Gasteiger partial charge is 0.318 e. The fourth-order valence-electron chi connectivity index (χ4n) is 4.56. The zero-order valence-electron chi connectivity index (χ0n) is 19.1. The van der Waals surface area contributed by atoms with Gasteiger partial charge in [-0.3, -0.25) is 9.59 Å². The van der Waals surface area contributed by atoms with E-state index in [4.69, 9.17) is 14.5 Å². The third-order valence-corrected chi connectivity index (χ3v) is 6.16. The van der Waals surface area contributed by atoms with Crippen molar-refractivity contribution in [3.63, 3.8) is 0 Å². The number of carbonyl (C=O) groups is 2. The summed E-state index contributed by atoms with van der Waals surface area (Å²) >= 11 is 0. The molecule has 0 spiro atoms. The summed E-state index contributed by atoms with van der Waals surface area (Å²) in [7, 11) is 0. The number of hydrogen-bond acceptors (Lipinski definition) is 7. The summed E-state index contributed by atoms with van der Waals surface area (Å²) < 4.78 is 11.0. The Bertz CT molecular complexity index is 1030. The molecule has 0 radical (unpaired) electrons. The molecular weight excluding hydrogens is 422 g/mol. The van der Waals surface area contributed by atoms with Crippen molar-refractivity contribution in [3.05, 3.63) is 35.4 Å². The second-order valence-corrected chi connectivity index (χ2v) is 8.46. The van der Waals surface area contributed by atoms with E-state index in [0.29, 0.717) is 29.4 Å². The second-order valence-electron chi connectivity index (χ2n) is 8.46. The maximum atomic E-state index is 12.7. The van der Waals surface area contributed by atoms with Crippen LogP contribution in [0.3, 0.4) is 0 Å². The lowest BCUT2D eigenvalue weighted by molar-refractivity contribution is -0.151. The summed E-state index contributed by atoms with van der Waals surface area (Å²) in [6.07, 6.45) is 3.10. The zero-order valence-corrected chi connectivity index (χ0v) is 19.1. The van der Waals surface area contributed by atoms with Gasteiger partial charge >= 0.3 is 5.97 Å². The number of benzene rings is 1. The number of rotatable bonds is 7. The van der Waals surface area contributed by atoms with E-state index >= 15 is 0 Å². The van der Waals surface area contributed by atoms with Crippen molar-refractivity contribution in [1.82, 2.24) is 10.3 Å². The van der Waals surface area contributed by atoms with Crippen LogP contribution in [0.2, 0.25) is 0 Å². The van der Waals surface area contributed by atoms with Crippen LogP contribution in [-0.4, -0.2) is 48.3 Å². The van der Waals surface area contributed by atoms with E-state index in [-0.39, 0.29) is 24.7 Å². The molecule has 2 aliphatic heterocycles. The quantitative estimate of drug-likeness (QED) is 0.435. The maximum absolute atomic E-state index is 12.7. The van der Waals surface area contributed by atoms with Gasteiger partial charge in [0.25, 0.3) is 0 Å². The SMILES string of the molecule is CCCOc1cccc(O)c1-c1cc(C2CCCNC2)c2c(n1)NC(=O)C(C(=O)OCC)C2. The van der Waals surface area contributed by atoms with Gasteiger partial charge in [-0.1, -0.05) is 13.0 Å². The van der Waals surface area contributed by atoms with Gasteiger partial charge in [-0.2, -0.15) is 0 Å². The van der Waals surface area contributed by atoms with Crippen molar-refractivity contribution in [3.8, 4) is 22.8 Å². The largest absolute Gasteiger partial charge is 0.507 e. The van der Waals surface area contributed by atoms with Crippen molar-refractivity contribution < 1.29 is 24.2 Å². The van der Waals surface area contributed by atoms with Crippen LogP contribution in [0.25, 0.3) is 11.3 Å². The molecule has 3 N–H and O–H groups in total. The number of piperidine rings is 1. The fourth-order valence-corrected chi connectivity index (χ4v) is 4.56. The monoisotopic (exact) mass is 453 g/mol. The maximum Gasteiger partial charge on any atom is 0.318 e. The molecule has 1 aromatic carbocycles. The van der Waals surface area contributed by atoms with Crippen LogP contribution in [0.4, 0.5) is 5.82 Å². The number of nitrogens with zero attached hydrogens (tertiary/aromatic N) is 1. The van der Waals surface area contributed by atoms with Crippen LogP contribution in [0, 0.1) is 5.92 Å². The van der Waals surface area contributed by atoms with Crippen LogP contribution in [-0.2, 0) is 20.7 Å². The van der Waals surface area contributed by atoms with Crippen molar-refractivity contribution in [2.45, 2.75) is 45.4 Å². The van der Waals surface area contributed by atoms with E-state index in [1.807, 2.05) is 19.1 Å². The van der Waals surface area contributed by atoms with Crippen LogP contribution >= 0.6 is 0 Å². The summed E-state index contributed by atoms with van der Waals surface area (Å²) in [5, 5.41) is 17.0. The molecule has 1 aromatic heterocycles. The summed E-state index contributed by atoms with van der Waals surface area (Å²) in [6.45, 7) is 6.24. The Morgan fingerprint density at radius 1 is 1.30 bits per heavy atom. The third kappa shape index (κ3) is 4.80. The van der Waals surface area contributed by atoms with Gasteiger partial charge in [0, 0.05) is 6.54 Å². The van der Waals surface area contributed by atoms with Gasteiger partial charge in [0.05, 0.1) is 24.5 Å². The number of anilines is 1. The van der Waals surface area contributed by atoms with E-state index in [0.717, 1.165) is 43.5 Å². The number of pyridine rings is 1. The normalized spacial score (nSPS) is 20.0. The number of hydrogen-bond donors (Lipinski definition) is 3. The minimum atomic E-state index is -0.894. The molecule has 1 fully saturated rings. The molecule has 176 valence electrons. The molecule has 2 aliphatic rings. The molecule has 1 amide bonds. The van der Waals surface area contributed by atoms with Gasteiger partial charge in [0.15, 0.2) is 0 Å². The molecular formula is C25H31N3O5. The number of phenols is 1. The summed E-state index contributed by atoms with van der Waals surface area (Å²) in [4.78, 5) is 29.9. The first-order chi connectivity index (χ1) is 16.0. The van der Waals surface area contributed by atoms with Crippen LogP contribution in [0.5, 0.6) is 11.5 Å². The Kier molecular flexibility index (Phi) is 7.13. The van der Waals surface area contributed by atoms with Crippen LogP contribution in [0.1, 0.15) is 50.2 Å². The molecule has 0 aliphatic carbocycles. The van der Waals surface area contributed by atoms with Gasteiger partial charge in [-0.05, 0) is 74.4 Å². The molecule has 8 nitrogen and oxygen atoms in total. The van der Waals surface area contributed by atoms with Crippen molar-refractivity contribution >= 4 is 17.7 Å². The number of amides is 1. The van der Waals surface area contributed by atoms with Gasteiger partial charge in [0.1, 0.15) is 23.2 Å². The number of ether oxygens (including phenoxy) is 2.